The molecule has 0 radical (unpaired) electrons. The fourth-order valence-electron chi connectivity index (χ4n) is 6.74. The molecule has 2 saturated heterocycles. The maximum absolute atomic E-state index is 12.6. The number of amides is 1. The second-order valence-electron chi connectivity index (χ2n) is 10.0. The fourth-order valence-corrected chi connectivity index (χ4v) is 6.74. The number of rotatable bonds is 6. The summed E-state index contributed by atoms with van der Waals surface area (Å²) in [4.78, 5) is 17.7. The number of piperidine rings is 2. The van der Waals surface area contributed by atoms with Crippen molar-refractivity contribution in [2.24, 2.45) is 11.8 Å². The van der Waals surface area contributed by atoms with Crippen LogP contribution in [0, 0.1) is 11.8 Å². The van der Waals surface area contributed by atoms with Crippen LogP contribution < -0.4 is 0 Å². The smallest absolute Gasteiger partial charge is 0.222 e. The topological polar surface area (TPSA) is 23.6 Å². The highest BCUT2D eigenvalue weighted by Crippen LogP contribution is 2.36. The second-order valence-corrected chi connectivity index (χ2v) is 10.0. The lowest BCUT2D eigenvalue weighted by atomic mass is 9.78. The van der Waals surface area contributed by atoms with Gasteiger partial charge in [-0.2, -0.15) is 0 Å². The van der Waals surface area contributed by atoms with Crippen molar-refractivity contribution in [3.05, 3.63) is 0 Å². The molecule has 3 heteroatoms. The van der Waals surface area contributed by atoms with Gasteiger partial charge in [0.05, 0.1) is 0 Å². The maximum Gasteiger partial charge on any atom is 0.222 e. The number of hydrogen-bond donors (Lipinski definition) is 0. The van der Waals surface area contributed by atoms with Gasteiger partial charge in [-0.15, -0.1) is 0 Å². The molecule has 0 spiro atoms. The average Bonchev–Trinajstić information content (AvgIpc) is 2.72. The molecule has 2 aliphatic carbocycles. The van der Waals surface area contributed by atoms with Gasteiger partial charge in [0.15, 0.2) is 0 Å². The van der Waals surface area contributed by atoms with E-state index in [0.717, 1.165) is 37.3 Å². The molecule has 2 saturated carbocycles. The molecule has 0 aromatic heterocycles. The maximum atomic E-state index is 12.6. The van der Waals surface area contributed by atoms with Gasteiger partial charge >= 0.3 is 0 Å². The molecule has 27 heavy (non-hydrogen) atoms. The lowest BCUT2D eigenvalue weighted by molar-refractivity contribution is -0.140. The lowest BCUT2D eigenvalue weighted by Gasteiger charge is -2.44. The van der Waals surface area contributed by atoms with Gasteiger partial charge in [0.25, 0.3) is 0 Å². The zero-order chi connectivity index (χ0) is 18.5. The van der Waals surface area contributed by atoms with E-state index >= 15 is 0 Å². The third kappa shape index (κ3) is 5.08. The van der Waals surface area contributed by atoms with Crippen molar-refractivity contribution in [1.29, 1.82) is 0 Å². The molecule has 1 amide bonds. The normalized spacial score (nSPS) is 33.9. The summed E-state index contributed by atoms with van der Waals surface area (Å²) in [6.07, 6.45) is 21.6. The summed E-state index contributed by atoms with van der Waals surface area (Å²) in [7, 11) is 0. The monoisotopic (exact) mass is 374 g/mol. The van der Waals surface area contributed by atoms with Crippen molar-refractivity contribution >= 4 is 5.91 Å². The number of nitrogens with zero attached hydrogens (tertiary/aromatic N) is 2. The third-order valence-corrected chi connectivity index (χ3v) is 8.24. The Morgan fingerprint density at radius 1 is 0.778 bits per heavy atom. The number of hydrogen-bond acceptors (Lipinski definition) is 2. The van der Waals surface area contributed by atoms with E-state index in [2.05, 4.69) is 9.80 Å². The Labute approximate surface area is 167 Å². The first-order valence-electron chi connectivity index (χ1n) is 12.3. The van der Waals surface area contributed by atoms with Gasteiger partial charge in [-0.05, 0) is 63.3 Å². The molecule has 3 nitrogen and oxygen atoms in total. The van der Waals surface area contributed by atoms with Crippen LogP contribution in [0.15, 0.2) is 0 Å². The number of carbonyl (C=O) groups excluding carboxylic acids is 1. The Bertz CT molecular complexity index is 473. The van der Waals surface area contributed by atoms with E-state index in [9.17, 15) is 4.79 Å². The van der Waals surface area contributed by atoms with Gasteiger partial charge < -0.3 is 9.80 Å². The Morgan fingerprint density at radius 3 is 2.44 bits per heavy atom. The van der Waals surface area contributed by atoms with Gasteiger partial charge in [0, 0.05) is 31.6 Å². The Hall–Kier alpha value is -0.570. The zero-order valence-electron chi connectivity index (χ0n) is 17.5. The summed E-state index contributed by atoms with van der Waals surface area (Å²) < 4.78 is 0. The molecule has 4 rings (SSSR count). The van der Waals surface area contributed by atoms with E-state index in [1.165, 1.54) is 103 Å². The van der Waals surface area contributed by atoms with Crippen LogP contribution in [0.1, 0.15) is 103 Å². The van der Waals surface area contributed by atoms with Crippen LogP contribution in [0.4, 0.5) is 0 Å². The Kier molecular flexibility index (Phi) is 7.13. The SMILES string of the molecule is O=C1CCC2CCCCC2N1CCCN1CCCCC1CC1CCCCC1. The number of carbonyl (C=O) groups is 1. The fraction of sp³-hybridized carbons (Fsp3) is 0.958. The molecular weight excluding hydrogens is 332 g/mol. The number of likely N-dealkylation sites (tertiary alicyclic amines) is 2. The molecule has 2 aliphatic heterocycles. The highest BCUT2D eigenvalue weighted by molar-refractivity contribution is 5.77. The van der Waals surface area contributed by atoms with Crippen LogP contribution >= 0.6 is 0 Å². The molecule has 0 bridgehead atoms. The van der Waals surface area contributed by atoms with E-state index in [1.807, 2.05) is 0 Å². The number of fused-ring (bicyclic) bond motifs is 1. The minimum Gasteiger partial charge on any atom is -0.339 e. The van der Waals surface area contributed by atoms with E-state index in [1.54, 1.807) is 0 Å². The molecule has 3 unspecified atom stereocenters. The van der Waals surface area contributed by atoms with Gasteiger partial charge in [-0.3, -0.25) is 4.79 Å². The zero-order valence-corrected chi connectivity index (χ0v) is 17.5. The molecule has 4 fully saturated rings. The summed E-state index contributed by atoms with van der Waals surface area (Å²) in [6, 6.07) is 1.42. The average molecular weight is 375 g/mol. The summed E-state index contributed by atoms with van der Waals surface area (Å²) in [5.41, 5.74) is 0. The minimum atomic E-state index is 0.454. The van der Waals surface area contributed by atoms with Crippen LogP contribution in [-0.4, -0.2) is 47.4 Å². The quantitative estimate of drug-likeness (QED) is 0.623. The summed E-state index contributed by atoms with van der Waals surface area (Å²) in [6.45, 7) is 3.54. The standard InChI is InChI=1S/C24H42N2O/c27-24-15-14-21-11-4-5-13-23(21)26(24)18-8-17-25-16-7-6-12-22(25)19-20-9-2-1-3-10-20/h20-23H,1-19H2. The van der Waals surface area contributed by atoms with Crippen molar-refractivity contribution < 1.29 is 4.79 Å². The largest absolute Gasteiger partial charge is 0.339 e. The van der Waals surface area contributed by atoms with Crippen molar-refractivity contribution in [3.8, 4) is 0 Å². The van der Waals surface area contributed by atoms with Crippen molar-refractivity contribution in [3.63, 3.8) is 0 Å². The van der Waals surface area contributed by atoms with Crippen molar-refractivity contribution in [1.82, 2.24) is 9.80 Å². The van der Waals surface area contributed by atoms with E-state index in [-0.39, 0.29) is 0 Å². The first-order chi connectivity index (χ1) is 13.3. The van der Waals surface area contributed by atoms with Crippen molar-refractivity contribution in [2.45, 2.75) is 115 Å². The molecule has 0 N–H and O–H groups in total. The Balaban J connectivity index is 1.26. The molecule has 154 valence electrons. The minimum absolute atomic E-state index is 0.454. The first kappa shape index (κ1) is 19.7. The van der Waals surface area contributed by atoms with Crippen LogP contribution in [0.25, 0.3) is 0 Å². The van der Waals surface area contributed by atoms with E-state index in [0.29, 0.717) is 11.9 Å². The summed E-state index contributed by atoms with van der Waals surface area (Å²) in [5, 5.41) is 0. The molecule has 2 heterocycles. The predicted molar refractivity (Wildman–Crippen MR) is 112 cm³/mol. The highest BCUT2D eigenvalue weighted by Gasteiger charge is 2.36. The molecule has 0 aromatic carbocycles. The van der Waals surface area contributed by atoms with E-state index in [4.69, 9.17) is 0 Å². The predicted octanol–water partition coefficient (Wildman–Crippen LogP) is 5.38. The van der Waals surface area contributed by atoms with Gasteiger partial charge in [-0.1, -0.05) is 51.4 Å². The summed E-state index contributed by atoms with van der Waals surface area (Å²) in [5.74, 6) is 2.26. The molecule has 0 aromatic rings. The summed E-state index contributed by atoms with van der Waals surface area (Å²) >= 11 is 0. The van der Waals surface area contributed by atoms with Gasteiger partial charge in [0.1, 0.15) is 0 Å². The van der Waals surface area contributed by atoms with Crippen LogP contribution in [0.3, 0.4) is 0 Å². The van der Waals surface area contributed by atoms with E-state index < -0.39 is 0 Å². The first-order valence-corrected chi connectivity index (χ1v) is 12.3. The lowest BCUT2D eigenvalue weighted by Crippen LogP contribution is -2.51. The molecule has 4 aliphatic rings. The van der Waals surface area contributed by atoms with Crippen LogP contribution in [0.2, 0.25) is 0 Å². The molecular formula is C24H42N2O. The third-order valence-electron chi connectivity index (χ3n) is 8.24. The van der Waals surface area contributed by atoms with Crippen LogP contribution in [0.5, 0.6) is 0 Å². The second kappa shape index (κ2) is 9.76. The van der Waals surface area contributed by atoms with Crippen molar-refractivity contribution in [2.75, 3.05) is 19.6 Å². The van der Waals surface area contributed by atoms with Gasteiger partial charge in [-0.25, -0.2) is 0 Å². The Morgan fingerprint density at radius 2 is 1.56 bits per heavy atom. The molecule has 3 atom stereocenters. The van der Waals surface area contributed by atoms with Crippen LogP contribution in [-0.2, 0) is 4.79 Å². The highest BCUT2D eigenvalue weighted by atomic mass is 16.2. The van der Waals surface area contributed by atoms with Gasteiger partial charge in [0.2, 0.25) is 5.91 Å².